The van der Waals surface area contributed by atoms with E-state index >= 15 is 4.39 Å². The van der Waals surface area contributed by atoms with Crippen molar-refractivity contribution in [1.29, 1.82) is 0 Å². The molecule has 4 aromatic heterocycles. The van der Waals surface area contributed by atoms with Crippen molar-refractivity contribution in [2.75, 3.05) is 24.5 Å². The van der Waals surface area contributed by atoms with Gasteiger partial charge in [0, 0.05) is 49.9 Å². The van der Waals surface area contributed by atoms with Gasteiger partial charge in [-0.15, -0.1) is 0 Å². The monoisotopic (exact) mass is 469 g/mol. The standard InChI is InChI=1S/C22H21F2N7O3/c1-3-14-10-28(4-5-30(14)22(33)34)15-7-17(24)20-26-18(27-21(32)31(20)11-15)13-6-16(23)19-25-12(2)8-29(19)9-13/h6-9,11,14H,3-5,10H2,1-2H3,(H,33,34)/t14-/m0/s1. The number of fused-ring (bicyclic) bond motifs is 2. The maximum Gasteiger partial charge on any atom is 0.407 e. The van der Waals surface area contributed by atoms with Gasteiger partial charge in [0.15, 0.2) is 28.8 Å². The van der Waals surface area contributed by atoms with Crippen molar-refractivity contribution in [2.24, 2.45) is 0 Å². The molecule has 0 spiro atoms. The molecule has 0 aromatic carbocycles. The first-order chi connectivity index (χ1) is 16.2. The van der Waals surface area contributed by atoms with Crippen LogP contribution in [-0.2, 0) is 0 Å². The van der Waals surface area contributed by atoms with E-state index < -0.39 is 23.4 Å². The van der Waals surface area contributed by atoms with E-state index in [0.29, 0.717) is 30.9 Å². The fourth-order valence-corrected chi connectivity index (χ4v) is 4.36. The Morgan fingerprint density at radius 3 is 2.59 bits per heavy atom. The number of anilines is 1. The molecule has 0 bridgehead atoms. The molecule has 1 N–H and O–H groups in total. The van der Waals surface area contributed by atoms with Crippen LogP contribution in [0.25, 0.3) is 22.7 Å². The number of pyridine rings is 2. The van der Waals surface area contributed by atoms with Crippen LogP contribution in [0.1, 0.15) is 19.0 Å². The molecule has 4 aromatic rings. The first-order valence-electron chi connectivity index (χ1n) is 10.7. The molecule has 0 unspecified atom stereocenters. The summed E-state index contributed by atoms with van der Waals surface area (Å²) in [6, 6.07) is 2.17. The third-order valence-electron chi connectivity index (χ3n) is 6.05. The normalized spacial score (nSPS) is 16.5. The second kappa shape index (κ2) is 8.04. The summed E-state index contributed by atoms with van der Waals surface area (Å²) in [6.45, 7) is 4.59. The molecular weight excluding hydrogens is 448 g/mol. The smallest absolute Gasteiger partial charge is 0.407 e. The molecule has 1 atom stereocenters. The van der Waals surface area contributed by atoms with Crippen molar-refractivity contribution in [3.05, 3.63) is 58.5 Å². The third kappa shape index (κ3) is 3.60. The van der Waals surface area contributed by atoms with E-state index in [2.05, 4.69) is 15.0 Å². The number of hydrogen-bond donors (Lipinski definition) is 1. The lowest BCUT2D eigenvalue weighted by molar-refractivity contribution is 0.116. The number of imidazole rings is 1. The van der Waals surface area contributed by atoms with Gasteiger partial charge in [0.05, 0.1) is 17.4 Å². The maximum atomic E-state index is 15.1. The fourth-order valence-electron chi connectivity index (χ4n) is 4.36. The van der Waals surface area contributed by atoms with Crippen molar-refractivity contribution < 1.29 is 18.7 Å². The van der Waals surface area contributed by atoms with Gasteiger partial charge >= 0.3 is 11.8 Å². The van der Waals surface area contributed by atoms with E-state index in [1.165, 1.54) is 27.8 Å². The lowest BCUT2D eigenvalue weighted by atomic mass is 10.1. The number of hydrogen-bond acceptors (Lipinski definition) is 6. The van der Waals surface area contributed by atoms with E-state index in [4.69, 9.17) is 0 Å². The molecule has 1 amide bonds. The zero-order chi connectivity index (χ0) is 24.1. The van der Waals surface area contributed by atoms with Gasteiger partial charge in [0.25, 0.3) is 0 Å². The minimum atomic E-state index is -0.992. The molecule has 34 heavy (non-hydrogen) atoms. The summed E-state index contributed by atoms with van der Waals surface area (Å²) >= 11 is 0. The zero-order valence-electron chi connectivity index (χ0n) is 18.4. The molecule has 5 rings (SSSR count). The fraction of sp³-hybridized carbons (Fsp3) is 0.318. The predicted octanol–water partition coefficient (Wildman–Crippen LogP) is 2.57. The summed E-state index contributed by atoms with van der Waals surface area (Å²) in [5.41, 5.74) is 0.373. The Hall–Kier alpha value is -4.09. The minimum absolute atomic E-state index is 0.107. The number of halogens is 2. The molecule has 176 valence electrons. The van der Waals surface area contributed by atoms with Crippen LogP contribution in [0.4, 0.5) is 19.3 Å². The first-order valence-corrected chi connectivity index (χ1v) is 10.7. The van der Waals surface area contributed by atoms with E-state index in [0.717, 1.165) is 10.5 Å². The van der Waals surface area contributed by atoms with Crippen molar-refractivity contribution >= 4 is 23.1 Å². The number of rotatable bonds is 3. The van der Waals surface area contributed by atoms with Crippen LogP contribution in [-0.4, -0.2) is 65.5 Å². The Morgan fingerprint density at radius 2 is 1.85 bits per heavy atom. The van der Waals surface area contributed by atoms with Crippen LogP contribution in [0.3, 0.4) is 0 Å². The quantitative estimate of drug-likeness (QED) is 0.491. The summed E-state index contributed by atoms with van der Waals surface area (Å²) < 4.78 is 32.1. The Balaban J connectivity index is 1.55. The van der Waals surface area contributed by atoms with E-state index in [1.807, 2.05) is 11.8 Å². The molecule has 1 saturated heterocycles. The SMILES string of the molecule is CC[C@H]1CN(c2cc(F)c3nc(-c4cc(F)c5nc(C)cn5c4)nc(=O)n3c2)CCN1C(=O)O. The molecular formula is C22H21F2N7O3. The molecule has 0 radical (unpaired) electrons. The van der Waals surface area contributed by atoms with Gasteiger partial charge in [-0.1, -0.05) is 6.92 Å². The van der Waals surface area contributed by atoms with Gasteiger partial charge in [-0.05, 0) is 19.4 Å². The van der Waals surface area contributed by atoms with Crippen LogP contribution in [0.2, 0.25) is 0 Å². The van der Waals surface area contributed by atoms with Gasteiger partial charge in [-0.25, -0.2) is 32.7 Å². The van der Waals surface area contributed by atoms with E-state index in [-0.39, 0.29) is 35.3 Å². The van der Waals surface area contributed by atoms with Gasteiger partial charge in [-0.2, -0.15) is 4.98 Å². The van der Waals surface area contributed by atoms with Crippen LogP contribution in [0.5, 0.6) is 0 Å². The summed E-state index contributed by atoms with van der Waals surface area (Å²) in [6.07, 6.45) is 4.20. The summed E-state index contributed by atoms with van der Waals surface area (Å²) in [7, 11) is 0. The van der Waals surface area contributed by atoms with Crippen molar-refractivity contribution in [3.63, 3.8) is 0 Å². The lowest BCUT2D eigenvalue weighted by Crippen LogP contribution is -2.54. The lowest BCUT2D eigenvalue weighted by Gasteiger charge is -2.40. The molecule has 0 saturated carbocycles. The molecule has 10 nitrogen and oxygen atoms in total. The van der Waals surface area contributed by atoms with Gasteiger partial charge in [0.2, 0.25) is 0 Å². The summed E-state index contributed by atoms with van der Waals surface area (Å²) in [5, 5.41) is 9.37. The molecule has 12 heteroatoms. The molecule has 0 aliphatic carbocycles. The largest absolute Gasteiger partial charge is 0.465 e. The van der Waals surface area contributed by atoms with Crippen LogP contribution >= 0.6 is 0 Å². The Bertz CT molecular complexity index is 1500. The number of carboxylic acid groups (broad SMARTS) is 1. The van der Waals surface area contributed by atoms with Crippen LogP contribution in [0, 0.1) is 18.6 Å². The average molecular weight is 469 g/mol. The Morgan fingerprint density at radius 1 is 1.09 bits per heavy atom. The van der Waals surface area contributed by atoms with Gasteiger partial charge in [-0.3, -0.25) is 0 Å². The summed E-state index contributed by atoms with van der Waals surface area (Å²) in [4.78, 5) is 39.7. The average Bonchev–Trinajstić information content (AvgIpc) is 3.19. The number of amides is 1. The highest BCUT2D eigenvalue weighted by molar-refractivity contribution is 5.66. The highest BCUT2D eigenvalue weighted by atomic mass is 19.1. The Labute approximate surface area is 191 Å². The van der Waals surface area contributed by atoms with Crippen LogP contribution in [0.15, 0.2) is 35.5 Å². The minimum Gasteiger partial charge on any atom is -0.465 e. The number of aromatic nitrogens is 5. The van der Waals surface area contributed by atoms with Crippen molar-refractivity contribution in [2.45, 2.75) is 26.3 Å². The third-order valence-corrected chi connectivity index (χ3v) is 6.05. The van der Waals surface area contributed by atoms with E-state index in [9.17, 15) is 19.1 Å². The number of piperazine rings is 1. The maximum absolute atomic E-state index is 15.1. The second-order valence-electron chi connectivity index (χ2n) is 8.24. The zero-order valence-corrected chi connectivity index (χ0v) is 18.4. The van der Waals surface area contributed by atoms with Gasteiger partial charge in [0.1, 0.15) is 0 Å². The predicted molar refractivity (Wildman–Crippen MR) is 119 cm³/mol. The molecule has 1 aliphatic heterocycles. The number of nitrogens with zero attached hydrogens (tertiary/aromatic N) is 7. The van der Waals surface area contributed by atoms with Crippen LogP contribution < -0.4 is 10.6 Å². The van der Waals surface area contributed by atoms with Crippen molar-refractivity contribution in [1.82, 2.24) is 28.7 Å². The topological polar surface area (TPSA) is 108 Å². The first kappa shape index (κ1) is 21.7. The van der Waals surface area contributed by atoms with E-state index in [1.54, 1.807) is 13.1 Å². The number of aryl methyl sites for hydroxylation is 1. The molecule has 5 heterocycles. The Kier molecular flexibility index (Phi) is 5.14. The molecule has 1 fully saturated rings. The summed E-state index contributed by atoms with van der Waals surface area (Å²) in [5.74, 6) is -1.46. The second-order valence-corrected chi connectivity index (χ2v) is 8.24. The van der Waals surface area contributed by atoms with Crippen molar-refractivity contribution in [3.8, 4) is 11.4 Å². The molecule has 1 aliphatic rings. The highest BCUT2D eigenvalue weighted by Gasteiger charge is 2.30. The number of carbonyl (C=O) groups is 1. The highest BCUT2D eigenvalue weighted by Crippen LogP contribution is 2.24. The van der Waals surface area contributed by atoms with Gasteiger partial charge < -0.3 is 19.3 Å².